The van der Waals surface area contributed by atoms with Crippen molar-refractivity contribution in [1.82, 2.24) is 0 Å². The number of carboxylic acid groups (broad SMARTS) is 1. The highest BCUT2D eigenvalue weighted by Gasteiger charge is 2.04. The van der Waals surface area contributed by atoms with Gasteiger partial charge in [0.05, 0.1) is 0 Å². The highest BCUT2D eigenvalue weighted by atomic mass is 16.4. The summed E-state index contributed by atoms with van der Waals surface area (Å²) in [7, 11) is 0. The molecule has 0 aromatic heterocycles. The fraction of sp³-hybridized carbons (Fsp3) is 0.273. The molecule has 0 aliphatic rings. The minimum absolute atomic E-state index is 0.126. The van der Waals surface area contributed by atoms with Gasteiger partial charge in [0.1, 0.15) is 6.54 Å². The maximum Gasteiger partial charge on any atom is 0.322 e. The molecule has 2 N–H and O–H groups in total. The Morgan fingerprint density at radius 1 is 1.40 bits per heavy atom. The van der Waals surface area contributed by atoms with Crippen LogP contribution in [0.2, 0.25) is 0 Å². The van der Waals surface area contributed by atoms with Crippen LogP contribution in [0.5, 0.6) is 0 Å². The van der Waals surface area contributed by atoms with E-state index in [9.17, 15) is 9.59 Å². The lowest BCUT2D eigenvalue weighted by molar-refractivity contribution is -0.134. The van der Waals surface area contributed by atoms with Crippen molar-refractivity contribution < 1.29 is 14.7 Å². The molecular formula is C11H13NO3. The van der Waals surface area contributed by atoms with Crippen LogP contribution in [-0.2, 0) is 4.79 Å². The minimum Gasteiger partial charge on any atom is -0.480 e. The molecular weight excluding hydrogens is 194 g/mol. The SMILES string of the molecule is Cc1cc(NCC(=O)O)cc(C)c1C=O. The van der Waals surface area contributed by atoms with E-state index in [0.29, 0.717) is 5.56 Å². The predicted molar refractivity (Wildman–Crippen MR) is 57.4 cm³/mol. The van der Waals surface area contributed by atoms with Crippen molar-refractivity contribution >= 4 is 17.9 Å². The number of aliphatic carboxylic acids is 1. The summed E-state index contributed by atoms with van der Waals surface area (Å²) < 4.78 is 0. The van der Waals surface area contributed by atoms with Crippen molar-refractivity contribution in [3.05, 3.63) is 28.8 Å². The van der Waals surface area contributed by atoms with Gasteiger partial charge in [0, 0.05) is 11.3 Å². The van der Waals surface area contributed by atoms with Crippen LogP contribution in [0.15, 0.2) is 12.1 Å². The molecule has 4 heteroatoms. The van der Waals surface area contributed by atoms with Gasteiger partial charge in [0.2, 0.25) is 0 Å². The number of carboxylic acids is 1. The number of hydrogen-bond donors (Lipinski definition) is 2. The Labute approximate surface area is 87.9 Å². The molecule has 0 heterocycles. The van der Waals surface area contributed by atoms with E-state index in [1.54, 1.807) is 12.1 Å². The van der Waals surface area contributed by atoms with E-state index in [1.165, 1.54) is 0 Å². The number of anilines is 1. The summed E-state index contributed by atoms with van der Waals surface area (Å²) in [6, 6.07) is 3.53. The second-order valence-corrected chi connectivity index (χ2v) is 3.39. The minimum atomic E-state index is -0.912. The molecule has 0 amide bonds. The average Bonchev–Trinajstić information content (AvgIpc) is 2.14. The number of carbonyl (C=O) groups is 2. The molecule has 0 aliphatic heterocycles. The summed E-state index contributed by atoms with van der Waals surface area (Å²) >= 11 is 0. The molecule has 0 aliphatic carbocycles. The fourth-order valence-electron chi connectivity index (χ4n) is 1.44. The highest BCUT2D eigenvalue weighted by Crippen LogP contribution is 2.18. The van der Waals surface area contributed by atoms with Gasteiger partial charge in [-0.15, -0.1) is 0 Å². The normalized spacial score (nSPS) is 9.73. The molecule has 1 rings (SSSR count). The molecule has 0 unspecified atom stereocenters. The number of carbonyl (C=O) groups excluding carboxylic acids is 1. The number of rotatable bonds is 4. The van der Waals surface area contributed by atoms with Gasteiger partial charge < -0.3 is 10.4 Å². The number of hydrogen-bond acceptors (Lipinski definition) is 3. The first kappa shape index (κ1) is 11.2. The third-order valence-corrected chi connectivity index (χ3v) is 2.16. The molecule has 80 valence electrons. The summed E-state index contributed by atoms with van der Waals surface area (Å²) in [5.74, 6) is -0.912. The molecule has 1 aromatic rings. The van der Waals surface area contributed by atoms with E-state index < -0.39 is 5.97 Å². The maximum atomic E-state index is 10.7. The second kappa shape index (κ2) is 4.59. The molecule has 15 heavy (non-hydrogen) atoms. The topological polar surface area (TPSA) is 66.4 Å². The Morgan fingerprint density at radius 3 is 2.33 bits per heavy atom. The van der Waals surface area contributed by atoms with Crippen LogP contribution in [0.25, 0.3) is 0 Å². The van der Waals surface area contributed by atoms with Gasteiger partial charge in [-0.1, -0.05) is 0 Å². The van der Waals surface area contributed by atoms with Gasteiger partial charge in [-0.25, -0.2) is 0 Å². The van der Waals surface area contributed by atoms with Crippen LogP contribution in [0.4, 0.5) is 5.69 Å². The van der Waals surface area contributed by atoms with Gasteiger partial charge in [-0.3, -0.25) is 9.59 Å². The Bertz CT molecular complexity index is 376. The fourth-order valence-corrected chi connectivity index (χ4v) is 1.44. The molecule has 0 saturated carbocycles. The van der Waals surface area contributed by atoms with E-state index in [1.807, 2.05) is 13.8 Å². The Hall–Kier alpha value is -1.84. The average molecular weight is 207 g/mol. The zero-order valence-electron chi connectivity index (χ0n) is 8.70. The standard InChI is InChI=1S/C11H13NO3/c1-7-3-9(12-5-11(14)15)4-8(2)10(7)6-13/h3-4,6,12H,5H2,1-2H3,(H,14,15). The van der Waals surface area contributed by atoms with E-state index in [-0.39, 0.29) is 6.54 Å². The van der Waals surface area contributed by atoms with Gasteiger partial charge >= 0.3 is 5.97 Å². The first-order valence-electron chi connectivity index (χ1n) is 4.56. The molecule has 1 aromatic carbocycles. The van der Waals surface area contributed by atoms with Crippen molar-refractivity contribution in [2.24, 2.45) is 0 Å². The molecule has 4 nitrogen and oxygen atoms in total. The van der Waals surface area contributed by atoms with Gasteiger partial charge in [-0.05, 0) is 37.1 Å². The summed E-state index contributed by atoms with van der Waals surface area (Å²) in [5, 5.41) is 11.3. The maximum absolute atomic E-state index is 10.7. The van der Waals surface area contributed by atoms with Crippen molar-refractivity contribution in [1.29, 1.82) is 0 Å². The van der Waals surface area contributed by atoms with Crippen molar-refractivity contribution in [3.63, 3.8) is 0 Å². The third kappa shape index (κ3) is 2.80. The van der Waals surface area contributed by atoms with Crippen LogP contribution in [-0.4, -0.2) is 23.9 Å². The monoisotopic (exact) mass is 207 g/mol. The largest absolute Gasteiger partial charge is 0.480 e. The first-order valence-corrected chi connectivity index (χ1v) is 4.56. The Morgan fingerprint density at radius 2 is 1.93 bits per heavy atom. The van der Waals surface area contributed by atoms with Crippen LogP contribution < -0.4 is 5.32 Å². The molecule has 0 saturated heterocycles. The highest BCUT2D eigenvalue weighted by molar-refractivity contribution is 5.81. The molecule has 0 fully saturated rings. The predicted octanol–water partition coefficient (Wildman–Crippen LogP) is 1.61. The summed E-state index contributed by atoms with van der Waals surface area (Å²) in [6.07, 6.45) is 0.811. The van der Waals surface area contributed by atoms with Crippen LogP contribution in [0.1, 0.15) is 21.5 Å². The van der Waals surface area contributed by atoms with Crippen LogP contribution >= 0.6 is 0 Å². The Kier molecular flexibility index (Phi) is 3.44. The lowest BCUT2D eigenvalue weighted by Crippen LogP contribution is -2.12. The zero-order valence-corrected chi connectivity index (χ0v) is 8.70. The first-order chi connectivity index (χ1) is 7.04. The molecule has 0 bridgehead atoms. The van der Waals surface area contributed by atoms with E-state index in [0.717, 1.165) is 23.1 Å². The quantitative estimate of drug-likeness (QED) is 0.736. The number of aldehydes is 1. The number of nitrogens with one attached hydrogen (secondary N) is 1. The molecule has 0 spiro atoms. The third-order valence-electron chi connectivity index (χ3n) is 2.16. The van der Waals surface area contributed by atoms with Gasteiger partial charge in [-0.2, -0.15) is 0 Å². The van der Waals surface area contributed by atoms with Gasteiger partial charge in [0.15, 0.2) is 6.29 Å². The Balaban J connectivity index is 2.93. The van der Waals surface area contributed by atoms with Crippen LogP contribution in [0.3, 0.4) is 0 Å². The van der Waals surface area contributed by atoms with E-state index >= 15 is 0 Å². The number of aryl methyl sites for hydroxylation is 2. The second-order valence-electron chi connectivity index (χ2n) is 3.39. The van der Waals surface area contributed by atoms with Crippen LogP contribution in [0, 0.1) is 13.8 Å². The summed E-state index contributed by atoms with van der Waals surface area (Å²) in [5.41, 5.74) is 3.07. The summed E-state index contributed by atoms with van der Waals surface area (Å²) in [6.45, 7) is 3.52. The van der Waals surface area contributed by atoms with Gasteiger partial charge in [0.25, 0.3) is 0 Å². The van der Waals surface area contributed by atoms with E-state index in [4.69, 9.17) is 5.11 Å². The zero-order chi connectivity index (χ0) is 11.4. The molecule has 0 atom stereocenters. The molecule has 0 radical (unpaired) electrons. The number of benzene rings is 1. The van der Waals surface area contributed by atoms with E-state index in [2.05, 4.69) is 5.32 Å². The van der Waals surface area contributed by atoms with Crippen molar-refractivity contribution in [2.45, 2.75) is 13.8 Å². The van der Waals surface area contributed by atoms with Crippen molar-refractivity contribution in [2.75, 3.05) is 11.9 Å². The lowest BCUT2D eigenvalue weighted by atomic mass is 10.0. The lowest BCUT2D eigenvalue weighted by Gasteiger charge is -2.09. The summed E-state index contributed by atoms with van der Waals surface area (Å²) in [4.78, 5) is 21.1. The van der Waals surface area contributed by atoms with Crippen molar-refractivity contribution in [3.8, 4) is 0 Å². The smallest absolute Gasteiger partial charge is 0.322 e.